The number of hydrogen-bond acceptors (Lipinski definition) is 5. The molecule has 0 bridgehead atoms. The smallest absolute Gasteiger partial charge is 0.192 e. The molecule has 2 heterocycles. The van der Waals surface area contributed by atoms with Crippen LogP contribution in [0.15, 0.2) is 51.2 Å². The number of amidine groups is 1. The van der Waals surface area contributed by atoms with Gasteiger partial charge in [-0.2, -0.15) is 0 Å². The number of carbonyl (C=O) groups is 1. The van der Waals surface area contributed by atoms with Crippen LogP contribution in [0, 0.1) is 0 Å². The first kappa shape index (κ1) is 15.8. The van der Waals surface area contributed by atoms with Gasteiger partial charge < -0.3 is 4.90 Å². The molecular weight excluding hydrogens is 380 g/mol. The average molecular weight is 395 g/mol. The Morgan fingerprint density at radius 1 is 1.27 bits per heavy atom. The van der Waals surface area contributed by atoms with Gasteiger partial charge in [0.25, 0.3) is 0 Å². The van der Waals surface area contributed by atoms with E-state index in [0.717, 1.165) is 38.9 Å². The third-order valence-corrected chi connectivity index (χ3v) is 5.79. The standard InChI is InChI=1S/C16H15BrN2OS2/c17-12-4-6-13(7-5-12)19(16-18-8-2-10-22-16)11-14(20)15-3-1-9-21-15/h1,3-7,9H,2,8,10-11H2. The normalized spacial score (nSPS) is 14.5. The Balaban J connectivity index is 1.87. The number of thioether (sulfide) groups is 1. The van der Waals surface area contributed by atoms with Crippen LogP contribution in [0.4, 0.5) is 5.69 Å². The van der Waals surface area contributed by atoms with E-state index in [4.69, 9.17) is 0 Å². The molecule has 1 aromatic carbocycles. The Morgan fingerprint density at radius 3 is 2.73 bits per heavy atom. The summed E-state index contributed by atoms with van der Waals surface area (Å²) >= 11 is 6.67. The van der Waals surface area contributed by atoms with Crippen molar-refractivity contribution < 1.29 is 4.79 Å². The van der Waals surface area contributed by atoms with Crippen molar-refractivity contribution in [1.29, 1.82) is 0 Å². The molecule has 2 aromatic rings. The number of Topliss-reactive ketones (excluding diaryl/α,β-unsaturated/α-hetero) is 1. The van der Waals surface area contributed by atoms with Crippen LogP contribution >= 0.6 is 39.0 Å². The van der Waals surface area contributed by atoms with Crippen molar-refractivity contribution in [1.82, 2.24) is 0 Å². The summed E-state index contributed by atoms with van der Waals surface area (Å²) in [5.74, 6) is 1.19. The summed E-state index contributed by atoms with van der Waals surface area (Å²) in [5, 5.41) is 2.88. The number of ketones is 1. The second-order valence-electron chi connectivity index (χ2n) is 4.83. The van der Waals surface area contributed by atoms with Crippen LogP contribution < -0.4 is 4.90 Å². The fraction of sp³-hybridized carbons (Fsp3) is 0.250. The van der Waals surface area contributed by atoms with Gasteiger partial charge in [0.05, 0.1) is 11.4 Å². The molecule has 0 aliphatic carbocycles. The Hall–Kier alpha value is -1.11. The molecule has 3 rings (SSSR count). The van der Waals surface area contributed by atoms with Crippen molar-refractivity contribution in [3.8, 4) is 0 Å². The molecule has 114 valence electrons. The quantitative estimate of drug-likeness (QED) is 0.704. The van der Waals surface area contributed by atoms with Gasteiger partial charge >= 0.3 is 0 Å². The monoisotopic (exact) mass is 394 g/mol. The SMILES string of the molecule is O=C(CN(C1=NCCCS1)c1ccc(Br)cc1)c1cccs1. The zero-order valence-electron chi connectivity index (χ0n) is 11.9. The van der Waals surface area contributed by atoms with Crippen LogP contribution in [0.5, 0.6) is 0 Å². The maximum Gasteiger partial charge on any atom is 0.192 e. The van der Waals surface area contributed by atoms with Crippen LogP contribution in [0.1, 0.15) is 16.1 Å². The Labute approximate surface area is 146 Å². The molecule has 0 saturated heterocycles. The van der Waals surface area contributed by atoms with Crippen molar-refractivity contribution in [2.45, 2.75) is 6.42 Å². The Bertz CT molecular complexity index is 668. The zero-order valence-corrected chi connectivity index (χ0v) is 15.1. The van der Waals surface area contributed by atoms with Crippen molar-refractivity contribution in [3.63, 3.8) is 0 Å². The maximum atomic E-state index is 12.5. The summed E-state index contributed by atoms with van der Waals surface area (Å²) in [4.78, 5) is 19.9. The minimum atomic E-state index is 0.131. The Morgan fingerprint density at radius 2 is 2.09 bits per heavy atom. The number of halogens is 1. The molecule has 0 atom stereocenters. The number of anilines is 1. The van der Waals surface area contributed by atoms with Gasteiger partial charge in [0.1, 0.15) is 0 Å². The number of rotatable bonds is 4. The molecule has 6 heteroatoms. The predicted octanol–water partition coefficient (Wildman–Crippen LogP) is 4.69. The van der Waals surface area contributed by atoms with Gasteiger partial charge in [0.15, 0.2) is 11.0 Å². The van der Waals surface area contributed by atoms with Crippen molar-refractivity contribution >= 4 is 55.7 Å². The van der Waals surface area contributed by atoms with Gasteiger partial charge in [0, 0.05) is 22.5 Å². The number of aliphatic imine (C=N–C) groups is 1. The van der Waals surface area contributed by atoms with Gasteiger partial charge in [-0.3, -0.25) is 9.79 Å². The first-order valence-electron chi connectivity index (χ1n) is 7.01. The first-order chi connectivity index (χ1) is 10.7. The maximum absolute atomic E-state index is 12.5. The molecule has 0 radical (unpaired) electrons. The fourth-order valence-electron chi connectivity index (χ4n) is 2.16. The highest BCUT2D eigenvalue weighted by Crippen LogP contribution is 2.25. The molecule has 0 saturated carbocycles. The van der Waals surface area contributed by atoms with E-state index in [1.54, 1.807) is 11.8 Å². The lowest BCUT2D eigenvalue weighted by Gasteiger charge is -2.27. The molecule has 0 amide bonds. The topological polar surface area (TPSA) is 32.7 Å². The molecule has 22 heavy (non-hydrogen) atoms. The fourth-order valence-corrected chi connectivity index (χ4v) is 4.05. The van der Waals surface area contributed by atoms with E-state index in [2.05, 4.69) is 20.9 Å². The van der Waals surface area contributed by atoms with Crippen LogP contribution in [0.3, 0.4) is 0 Å². The summed E-state index contributed by atoms with van der Waals surface area (Å²) in [5.41, 5.74) is 1.00. The molecule has 3 nitrogen and oxygen atoms in total. The van der Waals surface area contributed by atoms with E-state index in [1.807, 2.05) is 46.7 Å². The lowest BCUT2D eigenvalue weighted by molar-refractivity contribution is 0.101. The molecule has 0 unspecified atom stereocenters. The lowest BCUT2D eigenvalue weighted by atomic mass is 10.2. The first-order valence-corrected chi connectivity index (χ1v) is 9.67. The Kier molecular flexibility index (Phi) is 5.33. The van der Waals surface area contributed by atoms with Gasteiger partial charge in [-0.05, 0) is 42.1 Å². The number of nitrogens with zero attached hydrogens (tertiary/aromatic N) is 2. The van der Waals surface area contributed by atoms with E-state index in [0.29, 0.717) is 6.54 Å². The largest absolute Gasteiger partial charge is 0.313 e. The zero-order chi connectivity index (χ0) is 15.4. The van der Waals surface area contributed by atoms with Gasteiger partial charge in [0.2, 0.25) is 0 Å². The van der Waals surface area contributed by atoms with Crippen molar-refractivity contribution in [2.24, 2.45) is 4.99 Å². The van der Waals surface area contributed by atoms with E-state index < -0.39 is 0 Å². The lowest BCUT2D eigenvalue weighted by Crippen LogP contribution is -2.35. The van der Waals surface area contributed by atoms with E-state index in [1.165, 1.54) is 11.3 Å². The average Bonchev–Trinajstić information content (AvgIpc) is 3.09. The molecule has 1 aromatic heterocycles. The van der Waals surface area contributed by atoms with Crippen LogP contribution in [-0.2, 0) is 0 Å². The van der Waals surface area contributed by atoms with Crippen molar-refractivity contribution in [3.05, 3.63) is 51.1 Å². The van der Waals surface area contributed by atoms with Gasteiger partial charge in [-0.25, -0.2) is 0 Å². The molecule has 1 aliphatic rings. The minimum Gasteiger partial charge on any atom is -0.313 e. The minimum absolute atomic E-state index is 0.131. The summed E-state index contributed by atoms with van der Waals surface area (Å²) in [6.45, 7) is 1.16. The number of benzene rings is 1. The van der Waals surface area contributed by atoms with Gasteiger partial charge in [-0.15, -0.1) is 11.3 Å². The van der Waals surface area contributed by atoms with Crippen molar-refractivity contribution in [2.75, 3.05) is 23.7 Å². The second kappa shape index (κ2) is 7.44. The number of thiophene rings is 1. The summed E-state index contributed by atoms with van der Waals surface area (Å²) in [7, 11) is 0. The number of hydrogen-bond donors (Lipinski definition) is 0. The molecule has 0 spiro atoms. The second-order valence-corrected chi connectivity index (χ2v) is 7.75. The van der Waals surface area contributed by atoms with Crippen LogP contribution in [0.2, 0.25) is 0 Å². The third kappa shape index (κ3) is 3.80. The summed E-state index contributed by atoms with van der Waals surface area (Å²) < 4.78 is 1.03. The molecular formula is C16H15BrN2OS2. The van der Waals surface area contributed by atoms with E-state index >= 15 is 0 Å². The van der Waals surface area contributed by atoms with Gasteiger partial charge in [-0.1, -0.05) is 33.8 Å². The summed E-state index contributed by atoms with van der Waals surface area (Å²) in [6, 6.07) is 11.8. The predicted molar refractivity (Wildman–Crippen MR) is 99.5 cm³/mol. The summed E-state index contributed by atoms with van der Waals surface area (Å²) in [6.07, 6.45) is 1.10. The van der Waals surface area contributed by atoms with Crippen LogP contribution in [0.25, 0.3) is 0 Å². The highest BCUT2D eigenvalue weighted by molar-refractivity contribution is 9.10. The molecule has 1 aliphatic heterocycles. The molecule has 0 fully saturated rings. The molecule has 0 N–H and O–H groups in total. The van der Waals surface area contributed by atoms with E-state index in [-0.39, 0.29) is 5.78 Å². The highest BCUT2D eigenvalue weighted by atomic mass is 79.9. The van der Waals surface area contributed by atoms with Crippen LogP contribution in [-0.4, -0.2) is 29.8 Å². The van der Waals surface area contributed by atoms with E-state index in [9.17, 15) is 4.79 Å². The highest BCUT2D eigenvalue weighted by Gasteiger charge is 2.20. The number of carbonyl (C=O) groups excluding carboxylic acids is 1. The third-order valence-electron chi connectivity index (χ3n) is 3.25.